The van der Waals surface area contributed by atoms with Crippen molar-refractivity contribution in [3.05, 3.63) is 12.4 Å². The minimum atomic E-state index is -0.0609. The maximum absolute atomic E-state index is 11.5. The van der Waals surface area contributed by atoms with Crippen molar-refractivity contribution in [2.24, 2.45) is 0 Å². The van der Waals surface area contributed by atoms with Crippen LogP contribution in [0.25, 0.3) is 0 Å². The fourth-order valence-corrected chi connectivity index (χ4v) is 2.24. The number of thioether (sulfide) groups is 1. The van der Waals surface area contributed by atoms with E-state index in [4.69, 9.17) is 0 Å². The van der Waals surface area contributed by atoms with E-state index in [9.17, 15) is 4.79 Å². The largest absolute Gasteiger partial charge is 0.297 e. The van der Waals surface area contributed by atoms with Crippen molar-refractivity contribution in [1.29, 1.82) is 0 Å². The molecule has 1 atom stereocenters. The molecule has 0 aromatic carbocycles. The highest BCUT2D eigenvalue weighted by molar-refractivity contribution is 8.00. The predicted octanol–water partition coefficient (Wildman–Crippen LogP) is 0.934. The van der Waals surface area contributed by atoms with Crippen LogP contribution in [0.15, 0.2) is 17.4 Å². The average molecular weight is 195 g/mol. The molecule has 1 amide bonds. The molecule has 1 aliphatic heterocycles. The summed E-state index contributed by atoms with van der Waals surface area (Å²) >= 11 is 1.46. The Morgan fingerprint density at radius 1 is 1.46 bits per heavy atom. The molecule has 0 N–H and O–H groups in total. The van der Waals surface area contributed by atoms with Crippen molar-refractivity contribution < 1.29 is 4.79 Å². The number of hydrogen-bond donors (Lipinski definition) is 0. The number of hydrogen-bond acceptors (Lipinski definition) is 4. The lowest BCUT2D eigenvalue weighted by atomic mass is 10.4. The molecule has 1 aromatic heterocycles. The zero-order chi connectivity index (χ0) is 9.42. The Labute approximate surface area is 80.4 Å². The smallest absolute Gasteiger partial charge is 0.241 e. The molecule has 0 spiro atoms. The van der Waals surface area contributed by atoms with Crippen LogP contribution in [0.3, 0.4) is 0 Å². The minimum absolute atomic E-state index is 0.0609. The van der Waals surface area contributed by atoms with E-state index in [0.717, 1.165) is 5.03 Å². The van der Waals surface area contributed by atoms with Crippen LogP contribution in [-0.4, -0.2) is 28.2 Å². The molecule has 1 aromatic rings. The van der Waals surface area contributed by atoms with E-state index >= 15 is 0 Å². The van der Waals surface area contributed by atoms with Gasteiger partial charge in [-0.15, -0.1) is 0 Å². The number of rotatable bonds is 0. The van der Waals surface area contributed by atoms with E-state index in [-0.39, 0.29) is 11.2 Å². The summed E-state index contributed by atoms with van der Waals surface area (Å²) in [6.07, 6.45) is 3.24. The Bertz CT molecular complexity index is 355. The van der Waals surface area contributed by atoms with E-state index < -0.39 is 0 Å². The highest BCUT2D eigenvalue weighted by atomic mass is 32.2. The number of anilines is 1. The van der Waals surface area contributed by atoms with Crippen molar-refractivity contribution >= 4 is 23.5 Å². The van der Waals surface area contributed by atoms with Crippen LogP contribution in [-0.2, 0) is 4.79 Å². The molecule has 5 heteroatoms. The van der Waals surface area contributed by atoms with Crippen LogP contribution >= 0.6 is 11.8 Å². The predicted molar refractivity (Wildman–Crippen MR) is 50.8 cm³/mol. The first-order valence-electron chi connectivity index (χ1n) is 3.95. The van der Waals surface area contributed by atoms with E-state index in [1.807, 2.05) is 6.92 Å². The van der Waals surface area contributed by atoms with Crippen LogP contribution in [0, 0.1) is 0 Å². The first kappa shape index (κ1) is 8.50. The molecule has 68 valence electrons. The summed E-state index contributed by atoms with van der Waals surface area (Å²) in [6.45, 7) is 1.88. The second-order valence-corrected chi connectivity index (χ2v) is 4.17. The Morgan fingerprint density at radius 2 is 2.15 bits per heavy atom. The van der Waals surface area contributed by atoms with Gasteiger partial charge in [0.15, 0.2) is 5.82 Å². The lowest BCUT2D eigenvalue weighted by Crippen LogP contribution is -2.37. The van der Waals surface area contributed by atoms with Gasteiger partial charge < -0.3 is 0 Å². The summed E-state index contributed by atoms with van der Waals surface area (Å²) in [7, 11) is 1.73. The van der Waals surface area contributed by atoms with Gasteiger partial charge in [-0.05, 0) is 6.92 Å². The molecule has 0 bridgehead atoms. The third-order valence-electron chi connectivity index (χ3n) is 1.93. The molecule has 0 saturated heterocycles. The quantitative estimate of drug-likeness (QED) is 0.618. The number of carbonyl (C=O) groups is 1. The molecule has 4 nitrogen and oxygen atoms in total. The standard InChI is InChI=1S/C8H9N3OS/c1-5-8(12)11(2)6-7(13-5)10-4-3-9-6/h3-5H,1-2H3. The van der Waals surface area contributed by atoms with Gasteiger partial charge in [0, 0.05) is 19.4 Å². The Hall–Kier alpha value is -1.10. The monoisotopic (exact) mass is 195 g/mol. The average Bonchev–Trinajstić information content (AvgIpc) is 2.15. The van der Waals surface area contributed by atoms with Crippen molar-refractivity contribution in [2.75, 3.05) is 11.9 Å². The fraction of sp³-hybridized carbons (Fsp3) is 0.375. The molecular formula is C8H9N3OS. The molecule has 0 radical (unpaired) electrons. The van der Waals surface area contributed by atoms with Crippen molar-refractivity contribution in [3.63, 3.8) is 0 Å². The van der Waals surface area contributed by atoms with Crippen molar-refractivity contribution in [3.8, 4) is 0 Å². The van der Waals surface area contributed by atoms with Gasteiger partial charge in [0.25, 0.3) is 0 Å². The van der Waals surface area contributed by atoms with E-state index in [0.29, 0.717) is 5.82 Å². The summed E-state index contributed by atoms with van der Waals surface area (Å²) in [5, 5.41) is 0.770. The number of carbonyl (C=O) groups excluding carboxylic acids is 1. The van der Waals surface area contributed by atoms with Gasteiger partial charge in [-0.2, -0.15) is 0 Å². The first-order chi connectivity index (χ1) is 6.20. The molecule has 1 aliphatic rings. The number of fused-ring (bicyclic) bond motifs is 1. The van der Waals surface area contributed by atoms with Crippen LogP contribution < -0.4 is 4.90 Å². The minimum Gasteiger partial charge on any atom is -0.297 e. The van der Waals surface area contributed by atoms with Gasteiger partial charge in [-0.3, -0.25) is 9.69 Å². The molecule has 0 fully saturated rings. The number of amides is 1. The molecule has 0 saturated carbocycles. The van der Waals surface area contributed by atoms with E-state index in [1.54, 1.807) is 24.3 Å². The van der Waals surface area contributed by atoms with Gasteiger partial charge in [-0.25, -0.2) is 9.97 Å². The third kappa shape index (κ3) is 1.29. The fourth-order valence-electron chi connectivity index (χ4n) is 1.23. The summed E-state index contributed by atoms with van der Waals surface area (Å²) in [6, 6.07) is 0. The van der Waals surface area contributed by atoms with Gasteiger partial charge in [0.05, 0.1) is 5.25 Å². The normalized spacial score (nSPS) is 21.5. The Morgan fingerprint density at radius 3 is 2.92 bits per heavy atom. The summed E-state index contributed by atoms with van der Waals surface area (Å²) in [4.78, 5) is 21.4. The highest BCUT2D eigenvalue weighted by Crippen LogP contribution is 2.34. The molecule has 2 heterocycles. The Balaban J connectivity index is 2.49. The van der Waals surface area contributed by atoms with E-state index in [2.05, 4.69) is 9.97 Å². The summed E-state index contributed by atoms with van der Waals surface area (Å²) in [5.41, 5.74) is 0. The molecular weight excluding hydrogens is 186 g/mol. The summed E-state index contributed by atoms with van der Waals surface area (Å²) in [5.74, 6) is 0.744. The number of nitrogens with zero attached hydrogens (tertiary/aromatic N) is 3. The zero-order valence-corrected chi connectivity index (χ0v) is 8.21. The van der Waals surface area contributed by atoms with Gasteiger partial charge in [0.2, 0.25) is 5.91 Å². The van der Waals surface area contributed by atoms with Gasteiger partial charge >= 0.3 is 0 Å². The topological polar surface area (TPSA) is 46.1 Å². The zero-order valence-electron chi connectivity index (χ0n) is 7.39. The Kier molecular flexibility index (Phi) is 1.95. The lowest BCUT2D eigenvalue weighted by molar-refractivity contribution is -0.117. The van der Waals surface area contributed by atoms with Crippen LogP contribution in [0.4, 0.5) is 5.82 Å². The second kappa shape index (κ2) is 2.99. The second-order valence-electron chi connectivity index (χ2n) is 2.84. The van der Waals surface area contributed by atoms with Crippen molar-refractivity contribution in [2.45, 2.75) is 17.2 Å². The molecule has 2 rings (SSSR count). The molecule has 0 aliphatic carbocycles. The SMILES string of the molecule is CC1Sc2nccnc2N(C)C1=O. The lowest BCUT2D eigenvalue weighted by Gasteiger charge is -2.26. The summed E-state index contributed by atoms with van der Waals surface area (Å²) < 4.78 is 0. The maximum Gasteiger partial charge on any atom is 0.241 e. The number of aromatic nitrogens is 2. The first-order valence-corrected chi connectivity index (χ1v) is 4.83. The van der Waals surface area contributed by atoms with Crippen LogP contribution in [0.2, 0.25) is 0 Å². The van der Waals surface area contributed by atoms with Gasteiger partial charge in [-0.1, -0.05) is 11.8 Å². The van der Waals surface area contributed by atoms with Crippen LogP contribution in [0.5, 0.6) is 0 Å². The van der Waals surface area contributed by atoms with Gasteiger partial charge in [0.1, 0.15) is 5.03 Å². The third-order valence-corrected chi connectivity index (χ3v) is 3.00. The van der Waals surface area contributed by atoms with Crippen molar-refractivity contribution in [1.82, 2.24) is 9.97 Å². The maximum atomic E-state index is 11.5. The molecule has 13 heavy (non-hydrogen) atoms. The highest BCUT2D eigenvalue weighted by Gasteiger charge is 2.29. The van der Waals surface area contributed by atoms with E-state index in [1.165, 1.54) is 11.8 Å². The molecule has 1 unspecified atom stereocenters. The van der Waals surface area contributed by atoms with Crippen LogP contribution in [0.1, 0.15) is 6.92 Å².